The lowest BCUT2D eigenvalue weighted by molar-refractivity contribution is -0.141. The zero-order chi connectivity index (χ0) is 12.6. The van der Waals surface area contributed by atoms with Crippen molar-refractivity contribution in [2.45, 2.75) is 5.92 Å². The van der Waals surface area contributed by atoms with Gasteiger partial charge in [-0.25, -0.2) is 4.39 Å². The molecule has 0 saturated carbocycles. The zero-order valence-electron chi connectivity index (χ0n) is 9.36. The van der Waals surface area contributed by atoms with Gasteiger partial charge in [-0.3, -0.25) is 4.79 Å². The maximum Gasteiger partial charge on any atom is 0.308 e. The van der Waals surface area contributed by atoms with Crippen LogP contribution < -0.4 is 0 Å². The highest BCUT2D eigenvalue weighted by Crippen LogP contribution is 2.37. The van der Waals surface area contributed by atoms with E-state index in [0.29, 0.717) is 23.7 Å². The minimum Gasteiger partial charge on any atom is -0.481 e. The van der Waals surface area contributed by atoms with Crippen molar-refractivity contribution >= 4 is 17.6 Å². The molecule has 2 rings (SSSR count). The molecule has 17 heavy (non-hydrogen) atoms. The Hall–Kier alpha value is -1.13. The van der Waals surface area contributed by atoms with Crippen molar-refractivity contribution in [2.24, 2.45) is 5.92 Å². The molecule has 92 valence electrons. The summed E-state index contributed by atoms with van der Waals surface area (Å²) in [5.41, 5.74) is 0.325. The highest BCUT2D eigenvalue weighted by atomic mass is 35.5. The van der Waals surface area contributed by atoms with Crippen LogP contribution in [0.2, 0.25) is 5.02 Å². The summed E-state index contributed by atoms with van der Waals surface area (Å²) in [4.78, 5) is 13.0. The highest BCUT2D eigenvalue weighted by Gasteiger charge is 2.39. The largest absolute Gasteiger partial charge is 0.481 e. The molecule has 0 aromatic heterocycles. The molecule has 0 amide bonds. The van der Waals surface area contributed by atoms with Crippen LogP contribution in [0.4, 0.5) is 4.39 Å². The van der Waals surface area contributed by atoms with Crippen molar-refractivity contribution in [3.63, 3.8) is 0 Å². The van der Waals surface area contributed by atoms with Crippen molar-refractivity contribution in [1.29, 1.82) is 0 Å². The SMILES string of the molecule is CN1C[C@H](C(=O)O)[C@@H](c2c(F)cccc2Cl)C1. The molecular weight excluding hydrogens is 245 g/mol. The van der Waals surface area contributed by atoms with Crippen LogP contribution in [0.1, 0.15) is 11.5 Å². The highest BCUT2D eigenvalue weighted by molar-refractivity contribution is 6.31. The average Bonchev–Trinajstić information content (AvgIpc) is 2.60. The van der Waals surface area contributed by atoms with Crippen LogP contribution in [0.3, 0.4) is 0 Å². The molecule has 1 N–H and O–H groups in total. The first-order chi connectivity index (χ1) is 8.00. The summed E-state index contributed by atoms with van der Waals surface area (Å²) in [5.74, 6) is -2.32. The van der Waals surface area contributed by atoms with Crippen LogP contribution in [0.15, 0.2) is 18.2 Å². The Bertz CT molecular complexity index is 432. The van der Waals surface area contributed by atoms with Crippen molar-refractivity contribution in [3.05, 3.63) is 34.6 Å². The molecule has 5 heteroatoms. The first-order valence-corrected chi connectivity index (χ1v) is 5.73. The predicted octanol–water partition coefficient (Wildman–Crippen LogP) is 2.21. The third-order valence-electron chi connectivity index (χ3n) is 3.19. The van der Waals surface area contributed by atoms with Gasteiger partial charge in [0.05, 0.1) is 5.92 Å². The van der Waals surface area contributed by atoms with E-state index < -0.39 is 17.7 Å². The number of benzene rings is 1. The lowest BCUT2D eigenvalue weighted by Gasteiger charge is -2.17. The number of rotatable bonds is 2. The van der Waals surface area contributed by atoms with Crippen LogP contribution in [0, 0.1) is 11.7 Å². The first kappa shape index (κ1) is 12.3. The molecule has 1 aliphatic heterocycles. The second kappa shape index (κ2) is 4.63. The molecule has 0 unspecified atom stereocenters. The molecule has 1 aliphatic rings. The fraction of sp³-hybridized carbons (Fsp3) is 0.417. The number of carboxylic acid groups (broad SMARTS) is 1. The van der Waals surface area contributed by atoms with Gasteiger partial charge in [0, 0.05) is 29.6 Å². The number of halogens is 2. The predicted molar refractivity (Wildman–Crippen MR) is 62.8 cm³/mol. The molecule has 1 heterocycles. The Kier molecular flexibility index (Phi) is 3.35. The Balaban J connectivity index is 2.41. The van der Waals surface area contributed by atoms with Crippen LogP contribution in [-0.4, -0.2) is 36.1 Å². The number of likely N-dealkylation sites (N-methyl/N-ethyl adjacent to an activating group) is 1. The Morgan fingerprint density at radius 2 is 2.24 bits per heavy atom. The standard InChI is InChI=1S/C12H13ClFNO2/c1-15-5-7(8(6-15)12(16)17)11-9(13)3-2-4-10(11)14/h2-4,7-8H,5-6H2,1H3,(H,16,17)/t7-,8-/m0/s1. The van der Waals surface area contributed by atoms with E-state index in [1.807, 2.05) is 11.9 Å². The molecule has 0 bridgehead atoms. The lowest BCUT2D eigenvalue weighted by Crippen LogP contribution is -2.22. The van der Waals surface area contributed by atoms with Gasteiger partial charge in [-0.1, -0.05) is 17.7 Å². The number of hydrogen-bond acceptors (Lipinski definition) is 2. The van der Waals surface area contributed by atoms with Crippen LogP contribution in [-0.2, 0) is 4.79 Å². The molecule has 1 fully saturated rings. The fourth-order valence-corrected chi connectivity index (χ4v) is 2.71. The molecule has 1 aromatic carbocycles. The Morgan fingerprint density at radius 1 is 1.53 bits per heavy atom. The van der Waals surface area contributed by atoms with E-state index in [2.05, 4.69) is 0 Å². The molecule has 1 aromatic rings. The molecule has 1 saturated heterocycles. The van der Waals surface area contributed by atoms with Crippen LogP contribution in [0.25, 0.3) is 0 Å². The second-order valence-electron chi connectivity index (χ2n) is 4.41. The number of carbonyl (C=O) groups is 1. The number of nitrogens with zero attached hydrogens (tertiary/aromatic N) is 1. The smallest absolute Gasteiger partial charge is 0.308 e. The minimum atomic E-state index is -0.904. The molecule has 3 nitrogen and oxygen atoms in total. The van der Waals surface area contributed by atoms with Gasteiger partial charge < -0.3 is 10.0 Å². The number of carboxylic acids is 1. The van der Waals surface area contributed by atoms with Gasteiger partial charge in [0.2, 0.25) is 0 Å². The zero-order valence-corrected chi connectivity index (χ0v) is 10.1. The summed E-state index contributed by atoms with van der Waals surface area (Å²) in [5, 5.41) is 9.45. The Morgan fingerprint density at radius 3 is 2.82 bits per heavy atom. The molecule has 0 spiro atoms. The van der Waals surface area contributed by atoms with E-state index in [1.54, 1.807) is 6.07 Å². The maximum absolute atomic E-state index is 13.8. The van der Waals surface area contributed by atoms with Crippen molar-refractivity contribution in [2.75, 3.05) is 20.1 Å². The van der Waals surface area contributed by atoms with E-state index in [0.717, 1.165) is 0 Å². The fourth-order valence-electron chi connectivity index (χ4n) is 2.41. The molecule has 0 radical (unpaired) electrons. The van der Waals surface area contributed by atoms with Crippen LogP contribution in [0.5, 0.6) is 0 Å². The van der Waals surface area contributed by atoms with Gasteiger partial charge >= 0.3 is 5.97 Å². The topological polar surface area (TPSA) is 40.5 Å². The summed E-state index contributed by atoms with van der Waals surface area (Å²) < 4.78 is 13.8. The van der Waals surface area contributed by atoms with E-state index >= 15 is 0 Å². The molecule has 0 aliphatic carbocycles. The van der Waals surface area contributed by atoms with Gasteiger partial charge in [0.25, 0.3) is 0 Å². The maximum atomic E-state index is 13.8. The van der Waals surface area contributed by atoms with Gasteiger partial charge in [0.15, 0.2) is 0 Å². The Labute approximate surface area is 104 Å². The second-order valence-corrected chi connectivity index (χ2v) is 4.81. The first-order valence-electron chi connectivity index (χ1n) is 5.36. The van der Waals surface area contributed by atoms with Crippen molar-refractivity contribution in [3.8, 4) is 0 Å². The summed E-state index contributed by atoms with van der Waals surface area (Å²) in [6, 6.07) is 4.44. The normalized spacial score (nSPS) is 25.1. The minimum absolute atomic E-state index is 0.302. The third kappa shape index (κ3) is 2.28. The summed E-state index contributed by atoms with van der Waals surface area (Å²) in [6.45, 7) is 0.933. The summed E-state index contributed by atoms with van der Waals surface area (Å²) in [6.07, 6.45) is 0. The third-order valence-corrected chi connectivity index (χ3v) is 3.52. The molecule has 2 atom stereocenters. The number of hydrogen-bond donors (Lipinski definition) is 1. The number of likely N-dealkylation sites (tertiary alicyclic amines) is 1. The van der Waals surface area contributed by atoms with E-state index in [1.165, 1.54) is 12.1 Å². The van der Waals surface area contributed by atoms with E-state index in [-0.39, 0.29) is 5.92 Å². The van der Waals surface area contributed by atoms with E-state index in [9.17, 15) is 9.18 Å². The van der Waals surface area contributed by atoms with Crippen LogP contribution >= 0.6 is 11.6 Å². The van der Waals surface area contributed by atoms with Crippen molar-refractivity contribution in [1.82, 2.24) is 4.90 Å². The van der Waals surface area contributed by atoms with Crippen molar-refractivity contribution < 1.29 is 14.3 Å². The summed E-state index contributed by atoms with van der Waals surface area (Å²) >= 11 is 5.98. The van der Waals surface area contributed by atoms with Gasteiger partial charge in [-0.05, 0) is 19.2 Å². The lowest BCUT2D eigenvalue weighted by atomic mass is 9.88. The van der Waals surface area contributed by atoms with Gasteiger partial charge in [-0.2, -0.15) is 0 Å². The monoisotopic (exact) mass is 257 g/mol. The van der Waals surface area contributed by atoms with E-state index in [4.69, 9.17) is 16.7 Å². The molecular formula is C12H13ClFNO2. The quantitative estimate of drug-likeness (QED) is 0.883. The average molecular weight is 258 g/mol. The van der Waals surface area contributed by atoms with Gasteiger partial charge in [0.1, 0.15) is 5.82 Å². The number of aliphatic carboxylic acids is 1. The van der Waals surface area contributed by atoms with Gasteiger partial charge in [-0.15, -0.1) is 0 Å². The summed E-state index contributed by atoms with van der Waals surface area (Å²) in [7, 11) is 1.82.